The molecule has 1 amide bonds. The van der Waals surface area contributed by atoms with Crippen molar-refractivity contribution in [3.8, 4) is 23.6 Å². The summed E-state index contributed by atoms with van der Waals surface area (Å²) in [7, 11) is 1.47. The van der Waals surface area contributed by atoms with Gasteiger partial charge in [0.2, 0.25) is 0 Å². The van der Waals surface area contributed by atoms with Crippen molar-refractivity contribution in [1.82, 2.24) is 5.32 Å². The van der Waals surface area contributed by atoms with Gasteiger partial charge < -0.3 is 14.8 Å². The summed E-state index contributed by atoms with van der Waals surface area (Å²) in [5, 5.41) is 21.2. The summed E-state index contributed by atoms with van der Waals surface area (Å²) in [6, 6.07) is 9.03. The van der Waals surface area contributed by atoms with Crippen LogP contribution in [0.1, 0.15) is 44.6 Å². The molecule has 0 radical (unpaired) electrons. The van der Waals surface area contributed by atoms with Crippen LogP contribution in [0.5, 0.6) is 11.5 Å². The Hall–Kier alpha value is -2.73. The van der Waals surface area contributed by atoms with Gasteiger partial charge in [0, 0.05) is 6.07 Å². The Morgan fingerprint density at radius 2 is 1.96 bits per heavy atom. The molecule has 6 nitrogen and oxygen atoms in total. The zero-order valence-corrected chi connectivity index (χ0v) is 14.0. The number of amides is 1. The van der Waals surface area contributed by atoms with Crippen LogP contribution in [0.3, 0.4) is 0 Å². The molecule has 0 bridgehead atoms. The highest BCUT2D eigenvalue weighted by Crippen LogP contribution is 2.30. The lowest BCUT2D eigenvalue weighted by atomic mass is 9.83. The highest BCUT2D eigenvalue weighted by molar-refractivity contribution is 5.82. The third-order valence-corrected chi connectivity index (χ3v) is 4.25. The second-order valence-corrected chi connectivity index (χ2v) is 5.98. The fraction of sp³-hybridized carbons (Fsp3) is 0.500. The van der Waals surface area contributed by atoms with Crippen molar-refractivity contribution in [3.05, 3.63) is 23.8 Å². The second kappa shape index (κ2) is 7.70. The van der Waals surface area contributed by atoms with Gasteiger partial charge in [0.25, 0.3) is 5.91 Å². The van der Waals surface area contributed by atoms with Gasteiger partial charge in [-0.15, -0.1) is 0 Å². The minimum atomic E-state index is -0.790. The van der Waals surface area contributed by atoms with Gasteiger partial charge in [-0.05, 0) is 31.9 Å². The Bertz CT molecular complexity index is 682. The van der Waals surface area contributed by atoms with Crippen LogP contribution in [-0.4, -0.2) is 24.7 Å². The van der Waals surface area contributed by atoms with Crippen LogP contribution in [-0.2, 0) is 4.79 Å². The maximum atomic E-state index is 12.4. The first kappa shape index (κ1) is 17.6. The molecule has 1 aromatic rings. The molecule has 0 aliphatic heterocycles. The number of nitrogens with zero attached hydrogens (tertiary/aromatic N) is 2. The lowest BCUT2D eigenvalue weighted by Gasteiger charge is -2.32. The number of nitriles is 2. The van der Waals surface area contributed by atoms with E-state index in [9.17, 15) is 10.1 Å². The van der Waals surface area contributed by atoms with E-state index in [1.54, 1.807) is 25.1 Å². The monoisotopic (exact) mass is 327 g/mol. The molecule has 1 saturated carbocycles. The number of carbonyl (C=O) groups excluding carboxylic acids is 1. The average Bonchev–Trinajstić information content (AvgIpc) is 2.62. The number of rotatable bonds is 5. The SMILES string of the molecule is COc1cc(C#N)ccc1O[C@@H](C)C(=O)NC1(C#N)CCCCC1. The van der Waals surface area contributed by atoms with E-state index < -0.39 is 11.6 Å². The molecular weight excluding hydrogens is 306 g/mol. The van der Waals surface area contributed by atoms with Crippen molar-refractivity contribution < 1.29 is 14.3 Å². The van der Waals surface area contributed by atoms with E-state index in [1.165, 1.54) is 7.11 Å². The minimum Gasteiger partial charge on any atom is -0.493 e. The molecule has 1 aliphatic carbocycles. The smallest absolute Gasteiger partial charge is 0.262 e. The maximum absolute atomic E-state index is 12.4. The van der Waals surface area contributed by atoms with Gasteiger partial charge in [-0.3, -0.25) is 4.79 Å². The molecule has 1 aromatic carbocycles. The molecule has 0 aromatic heterocycles. The van der Waals surface area contributed by atoms with E-state index in [0.717, 1.165) is 19.3 Å². The highest BCUT2D eigenvalue weighted by atomic mass is 16.5. The van der Waals surface area contributed by atoms with Crippen LogP contribution in [0, 0.1) is 22.7 Å². The quantitative estimate of drug-likeness (QED) is 0.897. The Balaban J connectivity index is 2.06. The summed E-state index contributed by atoms with van der Waals surface area (Å²) in [5.74, 6) is 0.444. The van der Waals surface area contributed by atoms with Crippen LogP contribution in [0.25, 0.3) is 0 Å². The second-order valence-electron chi connectivity index (χ2n) is 5.98. The third kappa shape index (κ3) is 3.97. The van der Waals surface area contributed by atoms with E-state index in [0.29, 0.717) is 29.9 Å². The Morgan fingerprint density at radius 1 is 1.25 bits per heavy atom. The Labute approximate surface area is 142 Å². The van der Waals surface area contributed by atoms with E-state index in [2.05, 4.69) is 11.4 Å². The average molecular weight is 327 g/mol. The maximum Gasteiger partial charge on any atom is 0.262 e. The molecule has 1 N–H and O–H groups in total. The number of benzene rings is 1. The van der Waals surface area contributed by atoms with E-state index >= 15 is 0 Å². The van der Waals surface area contributed by atoms with Gasteiger partial charge in [0.1, 0.15) is 5.54 Å². The molecule has 0 saturated heterocycles. The zero-order valence-electron chi connectivity index (χ0n) is 14.0. The molecule has 126 valence electrons. The van der Waals surface area contributed by atoms with Gasteiger partial charge in [-0.2, -0.15) is 10.5 Å². The number of ether oxygens (including phenoxy) is 2. The van der Waals surface area contributed by atoms with Crippen molar-refractivity contribution >= 4 is 5.91 Å². The van der Waals surface area contributed by atoms with Gasteiger partial charge >= 0.3 is 0 Å². The van der Waals surface area contributed by atoms with Gasteiger partial charge in [0.05, 0.1) is 24.8 Å². The van der Waals surface area contributed by atoms with Gasteiger partial charge in [0.15, 0.2) is 17.6 Å². The van der Waals surface area contributed by atoms with Crippen molar-refractivity contribution in [2.24, 2.45) is 0 Å². The van der Waals surface area contributed by atoms with Gasteiger partial charge in [-0.25, -0.2) is 0 Å². The van der Waals surface area contributed by atoms with Crippen molar-refractivity contribution in [3.63, 3.8) is 0 Å². The van der Waals surface area contributed by atoms with Gasteiger partial charge in [-0.1, -0.05) is 19.3 Å². The standard InChI is InChI=1S/C18H21N3O3/c1-13(17(22)21-18(12-20)8-4-3-5-9-18)24-15-7-6-14(11-19)10-16(15)23-2/h6-7,10,13H,3-5,8-9H2,1-2H3,(H,21,22)/t13-/m0/s1. The molecule has 2 rings (SSSR count). The largest absolute Gasteiger partial charge is 0.493 e. The van der Waals surface area contributed by atoms with Crippen molar-refractivity contribution in [2.75, 3.05) is 7.11 Å². The lowest BCUT2D eigenvalue weighted by molar-refractivity contribution is -0.129. The van der Waals surface area contributed by atoms with Crippen LogP contribution in [0.2, 0.25) is 0 Å². The minimum absolute atomic E-state index is 0.329. The van der Waals surface area contributed by atoms with Crippen molar-refractivity contribution in [2.45, 2.75) is 50.7 Å². The Morgan fingerprint density at radius 3 is 2.54 bits per heavy atom. The van der Waals surface area contributed by atoms with Crippen LogP contribution < -0.4 is 14.8 Å². The fourth-order valence-corrected chi connectivity index (χ4v) is 2.84. The van der Waals surface area contributed by atoms with E-state index in [1.807, 2.05) is 6.07 Å². The molecular formula is C18H21N3O3. The first-order valence-electron chi connectivity index (χ1n) is 8.01. The lowest BCUT2D eigenvalue weighted by Crippen LogP contribution is -2.52. The number of hydrogen-bond acceptors (Lipinski definition) is 5. The molecule has 1 aliphatic rings. The van der Waals surface area contributed by atoms with Crippen molar-refractivity contribution in [1.29, 1.82) is 10.5 Å². The predicted octanol–water partition coefficient (Wildman–Crippen LogP) is 2.68. The summed E-state index contributed by atoms with van der Waals surface area (Å²) >= 11 is 0. The number of nitrogens with one attached hydrogen (secondary N) is 1. The molecule has 0 heterocycles. The van der Waals surface area contributed by atoms with Crippen LogP contribution in [0.4, 0.5) is 0 Å². The number of methoxy groups -OCH3 is 1. The third-order valence-electron chi connectivity index (χ3n) is 4.25. The molecule has 24 heavy (non-hydrogen) atoms. The number of hydrogen-bond donors (Lipinski definition) is 1. The molecule has 6 heteroatoms. The van der Waals surface area contributed by atoms with E-state index in [4.69, 9.17) is 14.7 Å². The summed E-state index contributed by atoms with van der Waals surface area (Å²) in [6.07, 6.45) is 3.52. The zero-order chi connectivity index (χ0) is 17.6. The fourth-order valence-electron chi connectivity index (χ4n) is 2.84. The Kier molecular flexibility index (Phi) is 5.65. The normalized spacial score (nSPS) is 17.0. The van der Waals surface area contributed by atoms with Crippen LogP contribution in [0.15, 0.2) is 18.2 Å². The summed E-state index contributed by atoms with van der Waals surface area (Å²) < 4.78 is 10.9. The highest BCUT2D eigenvalue weighted by Gasteiger charge is 2.35. The number of carbonyl (C=O) groups is 1. The summed E-state index contributed by atoms with van der Waals surface area (Å²) in [6.45, 7) is 1.63. The predicted molar refractivity (Wildman–Crippen MR) is 87.4 cm³/mol. The summed E-state index contributed by atoms with van der Waals surface area (Å²) in [4.78, 5) is 12.4. The van der Waals surface area contributed by atoms with E-state index in [-0.39, 0.29) is 5.91 Å². The topological polar surface area (TPSA) is 95.1 Å². The molecule has 0 unspecified atom stereocenters. The van der Waals surface area contributed by atoms with Crippen LogP contribution >= 0.6 is 0 Å². The summed E-state index contributed by atoms with van der Waals surface area (Å²) in [5.41, 5.74) is -0.344. The first-order chi connectivity index (χ1) is 11.5. The molecule has 1 atom stereocenters. The first-order valence-corrected chi connectivity index (χ1v) is 8.01. The molecule has 1 fully saturated rings. The molecule has 0 spiro atoms.